The van der Waals surface area contributed by atoms with E-state index in [9.17, 15) is 0 Å². The van der Waals surface area contributed by atoms with Crippen molar-refractivity contribution in [3.8, 4) is 0 Å². The molecule has 1 aromatic carbocycles. The highest BCUT2D eigenvalue weighted by Gasteiger charge is 2.30. The predicted octanol–water partition coefficient (Wildman–Crippen LogP) is 1.99. The first-order valence-corrected chi connectivity index (χ1v) is 7.53. The SMILES string of the molecule is CC(N)c1ccc(CN2CCN(C3CC3)CC2)cc1. The van der Waals surface area contributed by atoms with E-state index in [-0.39, 0.29) is 6.04 Å². The van der Waals surface area contributed by atoms with Crippen molar-refractivity contribution in [2.45, 2.75) is 38.4 Å². The lowest BCUT2D eigenvalue weighted by Gasteiger charge is -2.34. The van der Waals surface area contributed by atoms with Crippen molar-refractivity contribution in [1.29, 1.82) is 0 Å². The highest BCUT2D eigenvalue weighted by atomic mass is 15.3. The Labute approximate surface area is 116 Å². The number of rotatable bonds is 4. The zero-order valence-corrected chi connectivity index (χ0v) is 11.9. The van der Waals surface area contributed by atoms with Crippen LogP contribution in [0.2, 0.25) is 0 Å². The van der Waals surface area contributed by atoms with Crippen molar-refractivity contribution in [2.24, 2.45) is 5.73 Å². The van der Waals surface area contributed by atoms with Gasteiger partial charge in [0.1, 0.15) is 0 Å². The predicted molar refractivity (Wildman–Crippen MR) is 78.9 cm³/mol. The van der Waals surface area contributed by atoms with Crippen LogP contribution in [0, 0.1) is 0 Å². The van der Waals surface area contributed by atoms with E-state index in [1.807, 2.05) is 6.92 Å². The molecule has 3 rings (SSSR count). The van der Waals surface area contributed by atoms with E-state index in [0.29, 0.717) is 0 Å². The first-order valence-electron chi connectivity index (χ1n) is 7.53. The minimum absolute atomic E-state index is 0.135. The molecule has 2 fully saturated rings. The van der Waals surface area contributed by atoms with E-state index in [1.165, 1.54) is 50.1 Å². The fraction of sp³-hybridized carbons (Fsp3) is 0.625. The molecule has 0 radical (unpaired) electrons. The van der Waals surface area contributed by atoms with Crippen molar-refractivity contribution in [2.75, 3.05) is 26.2 Å². The molecule has 1 unspecified atom stereocenters. The normalized spacial score (nSPS) is 23.5. The van der Waals surface area contributed by atoms with Crippen molar-refractivity contribution >= 4 is 0 Å². The van der Waals surface area contributed by atoms with Crippen molar-refractivity contribution in [3.63, 3.8) is 0 Å². The Balaban J connectivity index is 1.51. The molecule has 1 atom stereocenters. The molecule has 2 N–H and O–H groups in total. The molecule has 19 heavy (non-hydrogen) atoms. The van der Waals surface area contributed by atoms with Crippen LogP contribution >= 0.6 is 0 Å². The van der Waals surface area contributed by atoms with Gasteiger partial charge in [0.2, 0.25) is 0 Å². The minimum atomic E-state index is 0.135. The molecule has 1 saturated heterocycles. The fourth-order valence-corrected chi connectivity index (χ4v) is 2.91. The second kappa shape index (κ2) is 5.61. The van der Waals surface area contributed by atoms with E-state index in [1.54, 1.807) is 0 Å². The molecule has 1 aliphatic carbocycles. The summed E-state index contributed by atoms with van der Waals surface area (Å²) in [6.45, 7) is 8.05. The second-order valence-corrected chi connectivity index (χ2v) is 6.07. The molecule has 1 saturated carbocycles. The number of benzene rings is 1. The summed E-state index contributed by atoms with van der Waals surface area (Å²) in [5.41, 5.74) is 8.51. The van der Waals surface area contributed by atoms with Gasteiger partial charge in [0.25, 0.3) is 0 Å². The second-order valence-electron chi connectivity index (χ2n) is 6.07. The molecule has 3 heteroatoms. The molecule has 0 aromatic heterocycles. The Hall–Kier alpha value is -0.900. The molecule has 0 spiro atoms. The summed E-state index contributed by atoms with van der Waals surface area (Å²) in [5.74, 6) is 0. The number of nitrogens with two attached hydrogens (primary N) is 1. The van der Waals surface area contributed by atoms with E-state index in [2.05, 4.69) is 34.1 Å². The number of hydrogen-bond donors (Lipinski definition) is 1. The Morgan fingerprint density at radius 2 is 1.74 bits per heavy atom. The van der Waals surface area contributed by atoms with Crippen LogP contribution in [0.1, 0.15) is 36.9 Å². The summed E-state index contributed by atoms with van der Waals surface area (Å²) in [4.78, 5) is 5.23. The smallest absolute Gasteiger partial charge is 0.0266 e. The van der Waals surface area contributed by atoms with Gasteiger partial charge in [-0.05, 0) is 30.9 Å². The van der Waals surface area contributed by atoms with E-state index in [4.69, 9.17) is 5.73 Å². The van der Waals surface area contributed by atoms with E-state index >= 15 is 0 Å². The van der Waals surface area contributed by atoms with Crippen LogP contribution in [0.4, 0.5) is 0 Å². The molecule has 1 aliphatic heterocycles. The van der Waals surface area contributed by atoms with Gasteiger partial charge in [-0.2, -0.15) is 0 Å². The number of nitrogens with zero attached hydrogens (tertiary/aromatic N) is 2. The lowest BCUT2D eigenvalue weighted by Crippen LogP contribution is -2.46. The van der Waals surface area contributed by atoms with Crippen LogP contribution in [0.3, 0.4) is 0 Å². The maximum absolute atomic E-state index is 5.88. The Morgan fingerprint density at radius 1 is 1.11 bits per heavy atom. The number of hydrogen-bond acceptors (Lipinski definition) is 3. The van der Waals surface area contributed by atoms with E-state index < -0.39 is 0 Å². The highest BCUT2D eigenvalue weighted by Crippen LogP contribution is 2.27. The van der Waals surface area contributed by atoms with Gasteiger partial charge in [-0.3, -0.25) is 9.80 Å². The molecule has 104 valence electrons. The molecule has 2 aliphatic rings. The zero-order valence-electron chi connectivity index (χ0n) is 11.9. The summed E-state index contributed by atoms with van der Waals surface area (Å²) in [7, 11) is 0. The quantitative estimate of drug-likeness (QED) is 0.897. The van der Waals surface area contributed by atoms with Crippen molar-refractivity contribution < 1.29 is 0 Å². The van der Waals surface area contributed by atoms with Crippen molar-refractivity contribution in [3.05, 3.63) is 35.4 Å². The molecule has 1 aromatic rings. The fourth-order valence-electron chi connectivity index (χ4n) is 2.91. The van der Waals surface area contributed by atoms with Crippen LogP contribution in [0.15, 0.2) is 24.3 Å². The third kappa shape index (κ3) is 3.35. The largest absolute Gasteiger partial charge is 0.324 e. The van der Waals surface area contributed by atoms with Gasteiger partial charge in [0.05, 0.1) is 0 Å². The topological polar surface area (TPSA) is 32.5 Å². The molecule has 3 nitrogen and oxygen atoms in total. The minimum Gasteiger partial charge on any atom is -0.324 e. The highest BCUT2D eigenvalue weighted by molar-refractivity contribution is 5.24. The maximum atomic E-state index is 5.88. The number of piperazine rings is 1. The maximum Gasteiger partial charge on any atom is 0.0266 e. The van der Waals surface area contributed by atoms with Gasteiger partial charge < -0.3 is 5.73 Å². The lowest BCUT2D eigenvalue weighted by atomic mass is 10.1. The zero-order chi connectivity index (χ0) is 13.2. The summed E-state index contributed by atoms with van der Waals surface area (Å²) >= 11 is 0. The summed E-state index contributed by atoms with van der Waals surface area (Å²) in [5, 5.41) is 0. The summed E-state index contributed by atoms with van der Waals surface area (Å²) in [6, 6.07) is 9.85. The lowest BCUT2D eigenvalue weighted by molar-refractivity contribution is 0.121. The van der Waals surface area contributed by atoms with Crippen LogP contribution < -0.4 is 5.73 Å². The van der Waals surface area contributed by atoms with Gasteiger partial charge in [0, 0.05) is 44.8 Å². The monoisotopic (exact) mass is 259 g/mol. The standard InChI is InChI=1S/C16H25N3/c1-13(17)15-4-2-14(3-5-15)12-18-8-10-19(11-9-18)16-6-7-16/h2-5,13,16H,6-12,17H2,1H3. The van der Waals surface area contributed by atoms with Crippen molar-refractivity contribution in [1.82, 2.24) is 9.80 Å². The molecule has 0 amide bonds. The van der Waals surface area contributed by atoms with Crippen LogP contribution in [-0.4, -0.2) is 42.0 Å². The first-order chi connectivity index (χ1) is 9.22. The first kappa shape index (κ1) is 13.1. The van der Waals surface area contributed by atoms with Gasteiger partial charge in [0.15, 0.2) is 0 Å². The molecular weight excluding hydrogens is 234 g/mol. The van der Waals surface area contributed by atoms with Crippen LogP contribution in [0.5, 0.6) is 0 Å². The average molecular weight is 259 g/mol. The van der Waals surface area contributed by atoms with Crippen LogP contribution in [-0.2, 0) is 6.54 Å². The molecule has 1 heterocycles. The van der Waals surface area contributed by atoms with Gasteiger partial charge >= 0.3 is 0 Å². The average Bonchev–Trinajstić information content (AvgIpc) is 3.25. The van der Waals surface area contributed by atoms with Crippen LogP contribution in [0.25, 0.3) is 0 Å². The summed E-state index contributed by atoms with van der Waals surface area (Å²) in [6.07, 6.45) is 2.86. The van der Waals surface area contributed by atoms with E-state index in [0.717, 1.165) is 12.6 Å². The Kier molecular flexibility index (Phi) is 3.87. The molecule has 0 bridgehead atoms. The van der Waals surface area contributed by atoms with Gasteiger partial charge in [-0.25, -0.2) is 0 Å². The third-order valence-corrected chi connectivity index (χ3v) is 4.38. The van der Waals surface area contributed by atoms with Gasteiger partial charge in [-0.15, -0.1) is 0 Å². The third-order valence-electron chi connectivity index (χ3n) is 4.38. The molecular formula is C16H25N3. The summed E-state index contributed by atoms with van der Waals surface area (Å²) < 4.78 is 0. The van der Waals surface area contributed by atoms with Gasteiger partial charge in [-0.1, -0.05) is 24.3 Å². The Morgan fingerprint density at radius 3 is 2.26 bits per heavy atom. The Bertz CT molecular complexity index is 401.